The summed E-state index contributed by atoms with van der Waals surface area (Å²) in [6, 6.07) is 0. The van der Waals surface area contributed by atoms with Crippen molar-refractivity contribution in [3.63, 3.8) is 0 Å². The van der Waals surface area contributed by atoms with Gasteiger partial charge in [-0.1, -0.05) is 26.2 Å². The molecular weight excluding hydrogens is 224 g/mol. The summed E-state index contributed by atoms with van der Waals surface area (Å²) >= 11 is 0. The molecule has 3 atom stereocenters. The van der Waals surface area contributed by atoms with Gasteiger partial charge in [0.15, 0.2) is 0 Å². The maximum absolute atomic E-state index is 11.1. The SMILES string of the molecule is CCC1CCCC(O)(C2CCOC3(CCC3)C2)C1. The molecule has 0 radical (unpaired) electrons. The number of hydrogen-bond donors (Lipinski definition) is 1. The fraction of sp³-hybridized carbons (Fsp3) is 1.00. The maximum atomic E-state index is 11.1. The first-order valence-electron chi connectivity index (χ1n) is 8.02. The molecule has 0 aromatic heterocycles. The first kappa shape index (κ1) is 12.9. The van der Waals surface area contributed by atoms with E-state index in [1.54, 1.807) is 0 Å². The minimum Gasteiger partial charge on any atom is -0.390 e. The number of rotatable bonds is 2. The minimum absolute atomic E-state index is 0.178. The van der Waals surface area contributed by atoms with Crippen molar-refractivity contribution >= 4 is 0 Å². The Morgan fingerprint density at radius 2 is 1.94 bits per heavy atom. The van der Waals surface area contributed by atoms with Crippen molar-refractivity contribution in [3.05, 3.63) is 0 Å². The number of hydrogen-bond acceptors (Lipinski definition) is 2. The van der Waals surface area contributed by atoms with Gasteiger partial charge in [-0.2, -0.15) is 0 Å². The van der Waals surface area contributed by atoms with Gasteiger partial charge < -0.3 is 9.84 Å². The molecule has 0 aromatic carbocycles. The zero-order valence-electron chi connectivity index (χ0n) is 11.8. The molecule has 2 aliphatic carbocycles. The van der Waals surface area contributed by atoms with Crippen LogP contribution in [-0.4, -0.2) is 22.9 Å². The zero-order valence-corrected chi connectivity index (χ0v) is 11.8. The molecule has 0 aromatic rings. The first-order valence-corrected chi connectivity index (χ1v) is 8.02. The van der Waals surface area contributed by atoms with Crippen molar-refractivity contribution in [2.24, 2.45) is 11.8 Å². The fourth-order valence-electron chi connectivity index (χ4n) is 4.53. The molecule has 2 saturated carbocycles. The molecule has 2 nitrogen and oxygen atoms in total. The van der Waals surface area contributed by atoms with Crippen LogP contribution in [0.15, 0.2) is 0 Å². The highest BCUT2D eigenvalue weighted by Gasteiger charge is 2.49. The van der Waals surface area contributed by atoms with Crippen LogP contribution < -0.4 is 0 Å². The summed E-state index contributed by atoms with van der Waals surface area (Å²) in [4.78, 5) is 0. The standard InChI is InChI=1S/C16H28O2/c1-2-13-5-3-9-16(17,11-13)14-6-10-18-15(12-14)7-4-8-15/h13-14,17H,2-12H2,1H3. The summed E-state index contributed by atoms with van der Waals surface area (Å²) in [5.41, 5.74) is -0.191. The first-order chi connectivity index (χ1) is 8.66. The van der Waals surface area contributed by atoms with Crippen LogP contribution in [0.5, 0.6) is 0 Å². The van der Waals surface area contributed by atoms with Crippen LogP contribution in [0.4, 0.5) is 0 Å². The van der Waals surface area contributed by atoms with Crippen molar-refractivity contribution in [2.45, 2.75) is 82.3 Å². The van der Waals surface area contributed by atoms with E-state index < -0.39 is 0 Å². The summed E-state index contributed by atoms with van der Waals surface area (Å²) in [5.74, 6) is 1.25. The molecular formula is C16H28O2. The Labute approximate surface area is 111 Å². The van der Waals surface area contributed by atoms with E-state index in [9.17, 15) is 5.11 Å². The largest absolute Gasteiger partial charge is 0.390 e. The van der Waals surface area contributed by atoms with Gasteiger partial charge in [0.05, 0.1) is 11.2 Å². The van der Waals surface area contributed by atoms with Crippen LogP contribution >= 0.6 is 0 Å². The van der Waals surface area contributed by atoms with Crippen LogP contribution in [0.3, 0.4) is 0 Å². The molecule has 104 valence electrons. The molecule has 1 N–H and O–H groups in total. The Balaban J connectivity index is 1.68. The molecule has 3 rings (SSSR count). The number of aliphatic hydroxyl groups is 1. The summed E-state index contributed by atoms with van der Waals surface area (Å²) in [5, 5.41) is 11.1. The molecule has 1 spiro atoms. The Bertz CT molecular complexity index is 297. The molecule has 2 heteroatoms. The van der Waals surface area contributed by atoms with Crippen molar-refractivity contribution in [1.29, 1.82) is 0 Å². The molecule has 1 aliphatic heterocycles. The summed E-state index contributed by atoms with van der Waals surface area (Å²) < 4.78 is 6.01. The summed E-state index contributed by atoms with van der Waals surface area (Å²) in [6.07, 6.45) is 11.8. The molecule has 3 unspecified atom stereocenters. The molecule has 3 fully saturated rings. The van der Waals surface area contributed by atoms with E-state index in [0.29, 0.717) is 5.92 Å². The van der Waals surface area contributed by atoms with Gasteiger partial charge in [-0.3, -0.25) is 0 Å². The Morgan fingerprint density at radius 1 is 1.11 bits per heavy atom. The lowest BCUT2D eigenvalue weighted by Crippen LogP contribution is -2.53. The monoisotopic (exact) mass is 252 g/mol. The normalized spacial score (nSPS) is 43.7. The lowest BCUT2D eigenvalue weighted by atomic mass is 9.63. The third kappa shape index (κ3) is 2.22. The Morgan fingerprint density at radius 3 is 2.61 bits per heavy atom. The van der Waals surface area contributed by atoms with E-state index in [0.717, 1.165) is 38.2 Å². The van der Waals surface area contributed by atoms with E-state index in [4.69, 9.17) is 4.74 Å². The van der Waals surface area contributed by atoms with Crippen LogP contribution in [0.1, 0.15) is 71.1 Å². The van der Waals surface area contributed by atoms with Crippen LogP contribution in [-0.2, 0) is 4.74 Å². The topological polar surface area (TPSA) is 29.5 Å². The molecule has 1 heterocycles. The molecule has 18 heavy (non-hydrogen) atoms. The van der Waals surface area contributed by atoms with Gasteiger partial charge in [0, 0.05) is 6.61 Å². The van der Waals surface area contributed by atoms with E-state index in [-0.39, 0.29) is 11.2 Å². The predicted octanol–water partition coefficient (Wildman–Crippen LogP) is 3.67. The molecule has 0 bridgehead atoms. The van der Waals surface area contributed by atoms with Gasteiger partial charge in [0.2, 0.25) is 0 Å². The highest BCUT2D eigenvalue weighted by molar-refractivity contribution is 5.01. The Hall–Kier alpha value is -0.0800. The highest BCUT2D eigenvalue weighted by Crippen LogP contribution is 2.50. The quantitative estimate of drug-likeness (QED) is 0.812. The second-order valence-electron chi connectivity index (χ2n) is 7.05. The third-order valence-electron chi connectivity index (χ3n) is 5.96. The van der Waals surface area contributed by atoms with Crippen LogP contribution in [0.2, 0.25) is 0 Å². The molecule has 1 saturated heterocycles. The van der Waals surface area contributed by atoms with Crippen LogP contribution in [0, 0.1) is 11.8 Å². The van der Waals surface area contributed by atoms with Gasteiger partial charge in [0.1, 0.15) is 0 Å². The average Bonchev–Trinajstić information content (AvgIpc) is 2.37. The predicted molar refractivity (Wildman–Crippen MR) is 72.5 cm³/mol. The van der Waals surface area contributed by atoms with Crippen LogP contribution in [0.25, 0.3) is 0 Å². The highest BCUT2D eigenvalue weighted by atomic mass is 16.5. The van der Waals surface area contributed by atoms with E-state index >= 15 is 0 Å². The zero-order chi connectivity index (χ0) is 12.6. The van der Waals surface area contributed by atoms with Crippen molar-refractivity contribution in [2.75, 3.05) is 6.61 Å². The smallest absolute Gasteiger partial charge is 0.0686 e. The van der Waals surface area contributed by atoms with Gasteiger partial charge in [0.25, 0.3) is 0 Å². The van der Waals surface area contributed by atoms with Crippen molar-refractivity contribution in [1.82, 2.24) is 0 Å². The van der Waals surface area contributed by atoms with Gasteiger partial charge in [-0.05, 0) is 56.8 Å². The third-order valence-corrected chi connectivity index (χ3v) is 5.96. The van der Waals surface area contributed by atoms with Gasteiger partial charge in [-0.25, -0.2) is 0 Å². The lowest BCUT2D eigenvalue weighted by Gasteiger charge is -2.52. The fourth-order valence-corrected chi connectivity index (χ4v) is 4.53. The maximum Gasteiger partial charge on any atom is 0.0686 e. The lowest BCUT2D eigenvalue weighted by molar-refractivity contribution is -0.184. The second kappa shape index (κ2) is 4.79. The van der Waals surface area contributed by atoms with E-state index in [1.165, 1.54) is 38.5 Å². The summed E-state index contributed by atoms with van der Waals surface area (Å²) in [7, 11) is 0. The average molecular weight is 252 g/mol. The van der Waals surface area contributed by atoms with Crippen molar-refractivity contribution < 1.29 is 9.84 Å². The van der Waals surface area contributed by atoms with Crippen molar-refractivity contribution in [3.8, 4) is 0 Å². The van der Waals surface area contributed by atoms with E-state index in [2.05, 4.69) is 6.92 Å². The van der Waals surface area contributed by atoms with Gasteiger partial charge >= 0.3 is 0 Å². The molecule has 3 aliphatic rings. The summed E-state index contributed by atoms with van der Waals surface area (Å²) in [6.45, 7) is 3.15. The molecule has 0 amide bonds. The second-order valence-corrected chi connectivity index (χ2v) is 7.05. The number of ether oxygens (including phenoxy) is 1. The minimum atomic E-state index is -0.370. The Kier molecular flexibility index (Phi) is 3.44. The van der Waals surface area contributed by atoms with Gasteiger partial charge in [-0.15, -0.1) is 0 Å². The van der Waals surface area contributed by atoms with E-state index in [1.807, 2.05) is 0 Å².